The summed E-state index contributed by atoms with van der Waals surface area (Å²) in [7, 11) is 1.31. The third-order valence-electron chi connectivity index (χ3n) is 0.660. The Balaban J connectivity index is -0.000000147. The molecule has 0 aliphatic carbocycles. The molecule has 0 bridgehead atoms. The van der Waals surface area contributed by atoms with Gasteiger partial charge in [-0.1, -0.05) is 19.7 Å². The molecule has 82 valence electrons. The second-order valence-electron chi connectivity index (χ2n) is 1.67. The van der Waals surface area contributed by atoms with Crippen LogP contribution >= 0.6 is 0 Å². The number of carbonyl (C=O) groups excluding carboxylic acids is 2. The number of nitriles is 1. The Hall–Kier alpha value is -2.35. The number of hydrogen-bond acceptors (Lipinski definition) is 4. The molecule has 0 aromatic rings. The number of primary amides is 1. The highest BCUT2D eigenvalue weighted by atomic mass is 16.5. The first-order valence-corrected chi connectivity index (χ1v) is 3.62. The highest BCUT2D eigenvalue weighted by Gasteiger charge is 1.81. The Morgan fingerprint density at radius 2 is 1.67 bits per heavy atom. The fourth-order valence-electron chi connectivity index (χ4n) is 0.0833. The first-order valence-electron chi connectivity index (χ1n) is 3.62. The van der Waals surface area contributed by atoms with E-state index in [0.717, 1.165) is 12.2 Å². The molecule has 0 saturated carbocycles. The number of nitrogens with two attached hydrogens (primary N) is 1. The van der Waals surface area contributed by atoms with Crippen LogP contribution in [0.1, 0.15) is 0 Å². The number of esters is 1. The van der Waals surface area contributed by atoms with Crippen LogP contribution in [0.5, 0.6) is 0 Å². The van der Waals surface area contributed by atoms with Gasteiger partial charge in [-0.15, -0.1) is 0 Å². The van der Waals surface area contributed by atoms with Gasteiger partial charge in [0.15, 0.2) is 0 Å². The largest absolute Gasteiger partial charge is 0.466 e. The van der Waals surface area contributed by atoms with E-state index in [1.807, 2.05) is 0 Å². The normalized spacial score (nSPS) is 5.87. The number of carbonyl (C=O) groups is 2. The summed E-state index contributed by atoms with van der Waals surface area (Å²) in [6.07, 6.45) is 3.35. The molecule has 15 heavy (non-hydrogen) atoms. The van der Waals surface area contributed by atoms with Crippen LogP contribution in [0.4, 0.5) is 0 Å². The Labute approximate surface area is 89.1 Å². The lowest BCUT2D eigenvalue weighted by Gasteiger charge is -1.83. The molecule has 0 spiro atoms. The minimum absolute atomic E-state index is 0.394. The van der Waals surface area contributed by atoms with E-state index >= 15 is 0 Å². The van der Waals surface area contributed by atoms with E-state index in [0.29, 0.717) is 0 Å². The Morgan fingerprint density at radius 1 is 1.33 bits per heavy atom. The van der Waals surface area contributed by atoms with Crippen molar-refractivity contribution in [2.75, 3.05) is 7.11 Å². The second-order valence-corrected chi connectivity index (χ2v) is 1.67. The maximum atomic E-state index is 9.84. The molecule has 5 nitrogen and oxygen atoms in total. The number of allylic oxidation sites excluding steroid dienone is 1. The molecule has 0 radical (unpaired) electrons. The minimum atomic E-state index is -0.481. The van der Waals surface area contributed by atoms with E-state index in [9.17, 15) is 9.59 Å². The van der Waals surface area contributed by atoms with E-state index in [1.165, 1.54) is 13.2 Å². The molecule has 0 atom stereocenters. The summed E-state index contributed by atoms with van der Waals surface area (Å²) < 4.78 is 4.14. The third-order valence-corrected chi connectivity index (χ3v) is 0.660. The number of rotatable bonds is 2. The molecule has 2 N–H and O–H groups in total. The van der Waals surface area contributed by atoms with Crippen LogP contribution in [0.2, 0.25) is 0 Å². The predicted octanol–water partition coefficient (Wildman–Crippen LogP) is 0.699. The Kier molecular flexibility index (Phi) is 21.7. The topological polar surface area (TPSA) is 93.2 Å². The highest BCUT2D eigenvalue weighted by Crippen LogP contribution is 1.67. The second kappa shape index (κ2) is 17.7. The van der Waals surface area contributed by atoms with Crippen molar-refractivity contribution in [3.05, 3.63) is 38.0 Å². The van der Waals surface area contributed by atoms with Gasteiger partial charge >= 0.3 is 5.97 Å². The molecule has 1 amide bonds. The number of amides is 1. The summed E-state index contributed by atoms with van der Waals surface area (Å²) in [5, 5.41) is 7.51. The maximum absolute atomic E-state index is 9.84. The highest BCUT2D eigenvalue weighted by molar-refractivity contribution is 5.85. The molecule has 0 aliphatic heterocycles. The Bertz CT molecular complexity index is 264. The SMILES string of the molecule is C=CC#N.C=CC(=O)OC.C=CC(N)=O. The fraction of sp³-hybridized carbons (Fsp3) is 0.100. The van der Waals surface area contributed by atoms with Crippen molar-refractivity contribution in [1.29, 1.82) is 5.26 Å². The van der Waals surface area contributed by atoms with E-state index < -0.39 is 11.9 Å². The molecule has 0 heterocycles. The molecule has 0 aromatic carbocycles. The lowest BCUT2D eigenvalue weighted by Crippen LogP contribution is -2.04. The van der Waals surface area contributed by atoms with Gasteiger partial charge in [0.25, 0.3) is 0 Å². The number of hydrogen-bond donors (Lipinski definition) is 1. The quantitative estimate of drug-likeness (QED) is 0.412. The maximum Gasteiger partial charge on any atom is 0.329 e. The molecule has 0 rings (SSSR count). The molecular weight excluding hydrogens is 196 g/mol. The van der Waals surface area contributed by atoms with Gasteiger partial charge in [0, 0.05) is 12.2 Å². The smallest absolute Gasteiger partial charge is 0.329 e. The molecule has 0 fully saturated rings. The summed E-state index contributed by atoms with van der Waals surface area (Å²) >= 11 is 0. The summed E-state index contributed by atoms with van der Waals surface area (Å²) in [6, 6.07) is 1.69. The summed E-state index contributed by atoms with van der Waals surface area (Å²) in [4.78, 5) is 19.3. The fourth-order valence-corrected chi connectivity index (χ4v) is 0.0833. The van der Waals surface area contributed by atoms with Gasteiger partial charge in [-0.3, -0.25) is 4.79 Å². The predicted molar refractivity (Wildman–Crippen MR) is 57.4 cm³/mol. The van der Waals surface area contributed by atoms with Crippen LogP contribution in [0, 0.1) is 11.3 Å². The zero-order valence-electron chi connectivity index (χ0n) is 8.60. The first kappa shape index (κ1) is 18.4. The van der Waals surface area contributed by atoms with Crippen LogP contribution in [0.3, 0.4) is 0 Å². The van der Waals surface area contributed by atoms with Crippen molar-refractivity contribution in [3.63, 3.8) is 0 Å². The van der Waals surface area contributed by atoms with Crippen molar-refractivity contribution >= 4 is 11.9 Å². The van der Waals surface area contributed by atoms with Gasteiger partial charge < -0.3 is 10.5 Å². The Morgan fingerprint density at radius 3 is 1.67 bits per heavy atom. The minimum Gasteiger partial charge on any atom is -0.466 e. The lowest BCUT2D eigenvalue weighted by atomic mass is 10.6. The first-order chi connectivity index (χ1) is 6.99. The van der Waals surface area contributed by atoms with Gasteiger partial charge in [-0.05, 0) is 6.08 Å². The van der Waals surface area contributed by atoms with E-state index in [-0.39, 0.29) is 0 Å². The van der Waals surface area contributed by atoms with E-state index in [4.69, 9.17) is 5.26 Å². The van der Waals surface area contributed by atoms with Crippen molar-refractivity contribution in [2.24, 2.45) is 5.73 Å². The number of ether oxygens (including phenoxy) is 1. The van der Waals surface area contributed by atoms with Crippen LogP contribution in [0.25, 0.3) is 0 Å². The molecule has 0 aliphatic rings. The molecule has 0 saturated heterocycles. The molecule has 5 heteroatoms. The van der Waals surface area contributed by atoms with Gasteiger partial charge in [0.1, 0.15) is 0 Å². The summed E-state index contributed by atoms with van der Waals surface area (Å²) in [6.45, 7) is 9.36. The van der Waals surface area contributed by atoms with Gasteiger partial charge in [0.05, 0.1) is 13.2 Å². The van der Waals surface area contributed by atoms with E-state index in [2.05, 4.69) is 30.2 Å². The monoisotopic (exact) mass is 210 g/mol. The molecular formula is C10H14N2O3. The van der Waals surface area contributed by atoms with Crippen molar-refractivity contribution in [2.45, 2.75) is 0 Å². The summed E-state index contributed by atoms with van der Waals surface area (Å²) in [5.41, 5.74) is 4.53. The van der Waals surface area contributed by atoms with Gasteiger partial charge in [-0.25, -0.2) is 4.79 Å². The van der Waals surface area contributed by atoms with Crippen LogP contribution in [-0.4, -0.2) is 19.0 Å². The van der Waals surface area contributed by atoms with Gasteiger partial charge in [-0.2, -0.15) is 5.26 Å². The zero-order chi connectivity index (χ0) is 12.7. The van der Waals surface area contributed by atoms with E-state index in [1.54, 1.807) is 6.07 Å². The molecule has 0 unspecified atom stereocenters. The van der Waals surface area contributed by atoms with Crippen molar-refractivity contribution < 1.29 is 14.3 Å². The average Bonchev–Trinajstić information content (AvgIpc) is 2.28. The lowest BCUT2D eigenvalue weighted by molar-refractivity contribution is -0.134. The summed E-state index contributed by atoms with van der Waals surface area (Å²) in [5.74, 6) is -0.875. The standard InChI is InChI=1S/C4H6O2.C3H5NO.C3H3N/c1-3-4(5)6-2;1-2-3(4)5;1-2-3-4/h3H,1H2,2H3;2H,1H2,(H2,4,5);2H,1H2. The molecule has 0 aromatic heterocycles. The third kappa shape index (κ3) is 50.2. The van der Waals surface area contributed by atoms with Crippen LogP contribution in [-0.2, 0) is 14.3 Å². The number of methoxy groups -OCH3 is 1. The van der Waals surface area contributed by atoms with Crippen molar-refractivity contribution in [1.82, 2.24) is 0 Å². The average molecular weight is 210 g/mol. The van der Waals surface area contributed by atoms with Crippen LogP contribution < -0.4 is 5.73 Å². The van der Waals surface area contributed by atoms with Gasteiger partial charge in [0.2, 0.25) is 5.91 Å². The number of nitrogens with zero attached hydrogens (tertiary/aromatic N) is 1. The van der Waals surface area contributed by atoms with Crippen molar-refractivity contribution in [3.8, 4) is 6.07 Å². The zero-order valence-corrected chi connectivity index (χ0v) is 8.60. The van der Waals surface area contributed by atoms with Crippen LogP contribution in [0.15, 0.2) is 38.0 Å².